The molecule has 0 aliphatic heterocycles. The molecule has 0 saturated heterocycles. The van der Waals surface area contributed by atoms with Crippen molar-refractivity contribution in [3.05, 3.63) is 0 Å². The van der Waals surface area contributed by atoms with Gasteiger partial charge in [0.25, 0.3) is 0 Å². The molecule has 0 saturated carbocycles. The molecule has 0 aromatic heterocycles. The first-order valence-corrected chi connectivity index (χ1v) is 21.0. The van der Waals surface area contributed by atoms with Crippen LogP contribution in [0.15, 0.2) is 0 Å². The molecule has 0 heterocycles. The molecule has 0 aliphatic rings. The second kappa shape index (κ2) is 34.1. The Labute approximate surface area is 356 Å². The van der Waals surface area contributed by atoms with E-state index in [9.17, 15) is 69.1 Å². The summed E-state index contributed by atoms with van der Waals surface area (Å²) in [5.41, 5.74) is 11.1. The largest absolute Gasteiger partial charge is 0.479 e. The molecule has 0 aliphatic carbocycles. The number of nitrogens with one attached hydrogen (secondary N) is 6. The van der Waals surface area contributed by atoms with Crippen molar-refractivity contribution < 1.29 is 69.1 Å². The highest BCUT2D eigenvalue weighted by Gasteiger charge is 2.38. The second-order valence-electron chi connectivity index (χ2n) is 14.7. The zero-order chi connectivity index (χ0) is 46.2. The smallest absolute Gasteiger partial charge is 0.335 e. The van der Waals surface area contributed by atoms with E-state index >= 15 is 0 Å². The van der Waals surface area contributed by atoms with E-state index in [0.717, 1.165) is 25.7 Å². The highest BCUT2D eigenvalue weighted by molar-refractivity contribution is 5.98. The Hall–Kier alpha value is -4.52. The molecule has 61 heavy (non-hydrogen) atoms. The summed E-state index contributed by atoms with van der Waals surface area (Å²) in [6.45, 7) is 0.467. The van der Waals surface area contributed by atoms with Crippen LogP contribution in [0.3, 0.4) is 0 Å². The van der Waals surface area contributed by atoms with E-state index in [1.165, 1.54) is 25.7 Å². The fraction of sp³-hybridized carbons (Fsp3) is 0.789. The van der Waals surface area contributed by atoms with Crippen molar-refractivity contribution in [1.29, 1.82) is 0 Å². The first-order valence-electron chi connectivity index (χ1n) is 21.0. The molecule has 7 atom stereocenters. The summed E-state index contributed by atoms with van der Waals surface area (Å²) in [4.78, 5) is 101. The maximum atomic E-state index is 13.4. The number of hydrogen-bond donors (Lipinski definition) is 14. The van der Waals surface area contributed by atoms with Crippen molar-refractivity contribution >= 4 is 47.8 Å². The standard InChI is InChI=1S/C38H71N9O14/c1-2-3-4-5-6-7-8-9-10-15-30(52)42-27(22-48)29(51)21-31(53)43-28(23-49)36(57)46-32(33(54)38(59)60)37(58)45-26(16-18-40)35(56)44-25(14-13-20-47(61)24-50)34(55)41-19-12-11-17-39/h24-29,32-33,48-49,51,54,61H,2-23,39-40H2,1H3,(H,41,55)(H,42,52)(H,43,53)(H,44,56)(H,45,58)(H,46,57)(H,59,60). The van der Waals surface area contributed by atoms with Gasteiger partial charge in [0.1, 0.15) is 24.2 Å². The lowest BCUT2D eigenvalue weighted by Gasteiger charge is -2.27. The van der Waals surface area contributed by atoms with Crippen molar-refractivity contribution in [3.8, 4) is 0 Å². The molecule has 23 nitrogen and oxygen atoms in total. The fourth-order valence-electron chi connectivity index (χ4n) is 5.95. The number of unbranched alkanes of at least 4 members (excludes halogenated alkanes) is 9. The summed E-state index contributed by atoms with van der Waals surface area (Å²) in [5, 5.41) is 73.6. The fourth-order valence-corrected chi connectivity index (χ4v) is 5.95. The summed E-state index contributed by atoms with van der Waals surface area (Å²) >= 11 is 0. The van der Waals surface area contributed by atoms with Crippen LogP contribution in [-0.4, -0.2) is 165 Å². The molecular formula is C38H71N9O14. The van der Waals surface area contributed by atoms with Gasteiger partial charge in [0.15, 0.2) is 6.10 Å². The molecule has 0 rings (SSSR count). The Balaban J connectivity index is 5.60. The molecular weight excluding hydrogens is 806 g/mol. The van der Waals surface area contributed by atoms with Crippen LogP contribution >= 0.6 is 0 Å². The molecule has 16 N–H and O–H groups in total. The van der Waals surface area contributed by atoms with Gasteiger partial charge in [-0.2, -0.15) is 0 Å². The molecule has 0 fully saturated rings. The zero-order valence-corrected chi connectivity index (χ0v) is 35.2. The number of aliphatic hydroxyl groups is 4. The number of carbonyl (C=O) groups excluding carboxylic acids is 7. The molecule has 0 radical (unpaired) electrons. The molecule has 7 unspecified atom stereocenters. The quantitative estimate of drug-likeness (QED) is 0.0124. The number of carboxylic acids is 1. The minimum absolute atomic E-state index is 0.0444. The molecule has 0 aromatic rings. The Kier molecular flexibility index (Phi) is 31.6. The normalized spacial score (nSPS) is 14.5. The van der Waals surface area contributed by atoms with Gasteiger partial charge < -0.3 is 68.9 Å². The predicted octanol–water partition coefficient (Wildman–Crippen LogP) is -3.66. The molecule has 352 valence electrons. The summed E-state index contributed by atoms with van der Waals surface area (Å²) in [6, 6.07) is -8.26. The van der Waals surface area contributed by atoms with Gasteiger partial charge in [-0.25, -0.2) is 9.86 Å². The van der Waals surface area contributed by atoms with E-state index in [4.69, 9.17) is 11.5 Å². The number of aliphatic hydroxyl groups excluding tert-OH is 4. The Morgan fingerprint density at radius 1 is 0.639 bits per heavy atom. The third-order valence-electron chi connectivity index (χ3n) is 9.55. The van der Waals surface area contributed by atoms with Crippen molar-refractivity contribution in [1.82, 2.24) is 37.0 Å². The van der Waals surface area contributed by atoms with E-state index in [1.807, 2.05) is 5.32 Å². The molecule has 0 aromatic carbocycles. The average molecular weight is 878 g/mol. The van der Waals surface area contributed by atoms with Gasteiger partial charge in [-0.3, -0.25) is 38.8 Å². The second-order valence-corrected chi connectivity index (χ2v) is 14.7. The Bertz CT molecular complexity index is 1330. The SMILES string of the molecule is CCCCCCCCCCCC(=O)NC(CO)C(O)CC(=O)NC(CO)C(=O)NC(C(=O)NC(CCN)C(=O)NC(CCCN(O)C=O)C(=O)NCCCCN)C(O)C(=O)O. The maximum absolute atomic E-state index is 13.4. The molecule has 7 amide bonds. The number of hydroxylamine groups is 2. The zero-order valence-electron chi connectivity index (χ0n) is 35.2. The van der Waals surface area contributed by atoms with Crippen molar-refractivity contribution in [2.75, 3.05) is 39.4 Å². The van der Waals surface area contributed by atoms with Crippen molar-refractivity contribution in [3.63, 3.8) is 0 Å². The van der Waals surface area contributed by atoms with Gasteiger partial charge in [0, 0.05) is 19.5 Å². The van der Waals surface area contributed by atoms with Gasteiger partial charge in [-0.05, 0) is 51.6 Å². The minimum atomic E-state index is -2.63. The monoisotopic (exact) mass is 878 g/mol. The van der Waals surface area contributed by atoms with Crippen LogP contribution in [-0.2, 0) is 38.4 Å². The summed E-state index contributed by atoms with van der Waals surface area (Å²) in [6.07, 6.45) is 5.36. The Morgan fingerprint density at radius 3 is 1.79 bits per heavy atom. The van der Waals surface area contributed by atoms with Crippen LogP contribution in [0, 0.1) is 0 Å². The first kappa shape index (κ1) is 56.5. The third-order valence-corrected chi connectivity index (χ3v) is 9.55. The molecule has 0 bridgehead atoms. The van der Waals surface area contributed by atoms with E-state index in [-0.39, 0.29) is 51.7 Å². The Morgan fingerprint density at radius 2 is 1.23 bits per heavy atom. The lowest BCUT2D eigenvalue weighted by atomic mass is 10.1. The van der Waals surface area contributed by atoms with E-state index < -0.39 is 103 Å². The van der Waals surface area contributed by atoms with Crippen molar-refractivity contribution in [2.45, 2.75) is 152 Å². The van der Waals surface area contributed by atoms with Crippen LogP contribution in [0.2, 0.25) is 0 Å². The summed E-state index contributed by atoms with van der Waals surface area (Å²) in [5.74, 6) is -7.89. The van der Waals surface area contributed by atoms with Crippen LogP contribution in [0.4, 0.5) is 0 Å². The number of carbonyl (C=O) groups is 8. The number of amides is 7. The lowest BCUT2D eigenvalue weighted by molar-refractivity contribution is -0.152. The van der Waals surface area contributed by atoms with E-state index in [2.05, 4.69) is 33.5 Å². The predicted molar refractivity (Wildman–Crippen MR) is 219 cm³/mol. The van der Waals surface area contributed by atoms with Crippen LogP contribution in [0.5, 0.6) is 0 Å². The number of carboxylic acid groups (broad SMARTS) is 1. The minimum Gasteiger partial charge on any atom is -0.479 e. The van der Waals surface area contributed by atoms with E-state index in [0.29, 0.717) is 30.9 Å². The van der Waals surface area contributed by atoms with Gasteiger partial charge in [0.2, 0.25) is 41.9 Å². The molecule has 23 heteroatoms. The number of aliphatic carboxylic acids is 1. The highest BCUT2D eigenvalue weighted by atomic mass is 16.5. The van der Waals surface area contributed by atoms with Gasteiger partial charge in [-0.15, -0.1) is 0 Å². The highest BCUT2D eigenvalue weighted by Crippen LogP contribution is 2.11. The maximum Gasteiger partial charge on any atom is 0.335 e. The topological polar surface area (TPSA) is 385 Å². The van der Waals surface area contributed by atoms with Gasteiger partial charge >= 0.3 is 5.97 Å². The average Bonchev–Trinajstić information content (AvgIpc) is 3.23. The number of nitrogens with zero attached hydrogens (tertiary/aromatic N) is 1. The van der Waals surface area contributed by atoms with E-state index in [1.54, 1.807) is 0 Å². The number of rotatable bonds is 37. The summed E-state index contributed by atoms with van der Waals surface area (Å²) < 4.78 is 0. The van der Waals surface area contributed by atoms with Crippen molar-refractivity contribution in [2.24, 2.45) is 11.5 Å². The van der Waals surface area contributed by atoms with Gasteiger partial charge in [0.05, 0.1) is 31.8 Å². The summed E-state index contributed by atoms with van der Waals surface area (Å²) in [7, 11) is 0. The number of nitrogens with two attached hydrogens (primary N) is 2. The van der Waals surface area contributed by atoms with Crippen LogP contribution in [0.1, 0.15) is 110 Å². The third kappa shape index (κ3) is 25.1. The van der Waals surface area contributed by atoms with Crippen LogP contribution in [0.25, 0.3) is 0 Å². The molecule has 0 spiro atoms. The van der Waals surface area contributed by atoms with Gasteiger partial charge in [-0.1, -0.05) is 58.3 Å². The lowest BCUT2D eigenvalue weighted by Crippen LogP contribution is -2.62. The number of hydrogen-bond acceptors (Lipinski definition) is 15. The first-order chi connectivity index (χ1) is 29.1. The van der Waals surface area contributed by atoms with Crippen LogP contribution < -0.4 is 43.4 Å².